The van der Waals surface area contributed by atoms with Gasteiger partial charge in [0.2, 0.25) is 0 Å². The van der Waals surface area contributed by atoms with Crippen molar-refractivity contribution in [3.63, 3.8) is 0 Å². The number of carbonyl (C=O) groups excluding carboxylic acids is 1. The Morgan fingerprint density at radius 1 is 1.19 bits per heavy atom. The van der Waals surface area contributed by atoms with Crippen molar-refractivity contribution in [2.24, 2.45) is 0 Å². The molecule has 0 radical (unpaired) electrons. The average molecular weight is 407 g/mol. The molecule has 1 unspecified atom stereocenters. The van der Waals surface area contributed by atoms with Crippen LogP contribution >= 0.6 is 23.2 Å². The van der Waals surface area contributed by atoms with E-state index in [1.165, 1.54) is 0 Å². The molecule has 1 amide bonds. The topological polar surface area (TPSA) is 41.6 Å². The largest absolute Gasteiger partial charge is 0.445 e. The number of hydrogen-bond acceptors (Lipinski definition) is 3. The molecule has 1 fully saturated rings. The summed E-state index contributed by atoms with van der Waals surface area (Å²) in [5, 5.41) is 4.91. The molecule has 1 N–H and O–H groups in total. The number of benzene rings is 2. The zero-order valence-electron chi connectivity index (χ0n) is 15.3. The lowest BCUT2D eigenvalue weighted by Crippen LogP contribution is -2.45. The van der Waals surface area contributed by atoms with Crippen molar-refractivity contribution in [3.05, 3.63) is 69.7 Å². The number of rotatable bonds is 5. The zero-order valence-corrected chi connectivity index (χ0v) is 16.8. The summed E-state index contributed by atoms with van der Waals surface area (Å²) in [4.78, 5) is 14.0. The minimum absolute atomic E-state index is 0.122. The number of hydrogen-bond donors (Lipinski definition) is 1. The highest BCUT2D eigenvalue weighted by molar-refractivity contribution is 6.35. The summed E-state index contributed by atoms with van der Waals surface area (Å²) < 4.78 is 5.42. The smallest absolute Gasteiger partial charge is 0.410 e. The van der Waals surface area contributed by atoms with Gasteiger partial charge in [-0.25, -0.2) is 4.79 Å². The fourth-order valence-electron chi connectivity index (χ4n) is 3.34. The van der Waals surface area contributed by atoms with Crippen molar-refractivity contribution in [1.29, 1.82) is 0 Å². The third kappa shape index (κ3) is 5.61. The van der Waals surface area contributed by atoms with Crippen LogP contribution in [0.5, 0.6) is 0 Å². The Kier molecular flexibility index (Phi) is 7.00. The van der Waals surface area contributed by atoms with Crippen molar-refractivity contribution < 1.29 is 9.53 Å². The van der Waals surface area contributed by atoms with Gasteiger partial charge in [-0.3, -0.25) is 0 Å². The Balaban J connectivity index is 1.45. The van der Waals surface area contributed by atoms with E-state index in [9.17, 15) is 4.79 Å². The number of likely N-dealkylation sites (tertiary alicyclic amines) is 1. The maximum Gasteiger partial charge on any atom is 0.410 e. The fourth-order valence-corrected chi connectivity index (χ4v) is 3.91. The van der Waals surface area contributed by atoms with Crippen LogP contribution in [-0.4, -0.2) is 30.1 Å². The maximum atomic E-state index is 12.3. The molecular weight excluding hydrogens is 383 g/mol. The third-order valence-corrected chi connectivity index (χ3v) is 5.44. The number of piperidine rings is 1. The lowest BCUT2D eigenvalue weighted by molar-refractivity contribution is 0.0846. The standard InChI is InChI=1S/C21H24Cl2N2O2/c1-15(19-8-7-17(22)13-20(19)23)24-18-9-11-25(12-10-18)21(26)27-14-16-5-3-2-4-6-16/h2-8,13,15,18,24H,9-12,14H2,1H3. The molecule has 0 spiro atoms. The summed E-state index contributed by atoms with van der Waals surface area (Å²) in [7, 11) is 0. The normalized spacial score (nSPS) is 16.2. The van der Waals surface area contributed by atoms with Gasteiger partial charge in [-0.05, 0) is 43.0 Å². The van der Waals surface area contributed by atoms with E-state index in [-0.39, 0.29) is 12.1 Å². The Labute approximate surface area is 170 Å². The van der Waals surface area contributed by atoms with Gasteiger partial charge in [0.15, 0.2) is 0 Å². The van der Waals surface area contributed by atoms with Crippen LogP contribution in [0.2, 0.25) is 10.0 Å². The van der Waals surface area contributed by atoms with Crippen molar-refractivity contribution in [2.75, 3.05) is 13.1 Å². The maximum absolute atomic E-state index is 12.3. The molecule has 2 aromatic carbocycles. The predicted octanol–water partition coefficient (Wildman–Crippen LogP) is 5.45. The number of amides is 1. The fraction of sp³-hybridized carbons (Fsp3) is 0.381. The molecule has 1 heterocycles. The van der Waals surface area contributed by atoms with Crippen LogP contribution in [0.1, 0.15) is 36.9 Å². The Hall–Kier alpha value is -1.75. The van der Waals surface area contributed by atoms with Crippen molar-refractivity contribution in [2.45, 2.75) is 38.5 Å². The molecule has 144 valence electrons. The van der Waals surface area contributed by atoms with E-state index in [2.05, 4.69) is 12.2 Å². The molecule has 1 aliphatic rings. The molecule has 0 aliphatic carbocycles. The van der Waals surface area contributed by atoms with Gasteiger partial charge in [0, 0.05) is 35.2 Å². The van der Waals surface area contributed by atoms with E-state index in [0.29, 0.717) is 35.8 Å². The van der Waals surface area contributed by atoms with Crippen LogP contribution in [0, 0.1) is 0 Å². The number of halogens is 2. The molecule has 1 atom stereocenters. The van der Waals surface area contributed by atoms with Gasteiger partial charge in [-0.1, -0.05) is 59.6 Å². The van der Waals surface area contributed by atoms with Gasteiger partial charge in [0.05, 0.1) is 0 Å². The lowest BCUT2D eigenvalue weighted by atomic mass is 10.0. The molecule has 3 rings (SSSR count). The molecule has 27 heavy (non-hydrogen) atoms. The van der Waals surface area contributed by atoms with Crippen molar-refractivity contribution in [3.8, 4) is 0 Å². The van der Waals surface area contributed by atoms with Crippen molar-refractivity contribution >= 4 is 29.3 Å². The van der Waals surface area contributed by atoms with E-state index < -0.39 is 0 Å². The highest BCUT2D eigenvalue weighted by atomic mass is 35.5. The van der Waals surface area contributed by atoms with Crippen LogP contribution in [-0.2, 0) is 11.3 Å². The first kappa shape index (κ1) is 20.0. The van der Waals surface area contributed by atoms with Crippen LogP contribution in [0.3, 0.4) is 0 Å². The third-order valence-electron chi connectivity index (χ3n) is 4.87. The Morgan fingerprint density at radius 3 is 2.56 bits per heavy atom. The summed E-state index contributed by atoms with van der Waals surface area (Å²) in [5.74, 6) is 0. The number of nitrogens with zero attached hydrogens (tertiary/aromatic N) is 1. The second-order valence-corrected chi connectivity index (χ2v) is 7.70. The van der Waals surface area contributed by atoms with E-state index in [4.69, 9.17) is 27.9 Å². The summed E-state index contributed by atoms with van der Waals surface area (Å²) in [6.07, 6.45) is 1.53. The van der Waals surface area contributed by atoms with Gasteiger partial charge >= 0.3 is 6.09 Å². The SMILES string of the molecule is CC(NC1CCN(C(=O)OCc2ccccc2)CC1)c1ccc(Cl)cc1Cl. The first-order chi connectivity index (χ1) is 13.0. The average Bonchev–Trinajstić information content (AvgIpc) is 2.67. The van der Waals surface area contributed by atoms with Crippen LogP contribution < -0.4 is 5.32 Å². The number of nitrogens with one attached hydrogen (secondary N) is 1. The summed E-state index contributed by atoms with van der Waals surface area (Å²) in [6, 6.07) is 15.8. The zero-order chi connectivity index (χ0) is 19.2. The Bertz CT molecular complexity index is 762. The summed E-state index contributed by atoms with van der Waals surface area (Å²) in [6.45, 7) is 3.78. The lowest BCUT2D eigenvalue weighted by Gasteiger charge is -2.33. The van der Waals surface area contributed by atoms with Gasteiger partial charge in [-0.15, -0.1) is 0 Å². The molecule has 4 nitrogen and oxygen atoms in total. The second-order valence-electron chi connectivity index (χ2n) is 6.86. The molecule has 1 saturated heterocycles. The molecule has 0 bridgehead atoms. The summed E-state index contributed by atoms with van der Waals surface area (Å²) in [5.41, 5.74) is 2.03. The molecule has 2 aromatic rings. The number of carbonyl (C=O) groups is 1. The molecule has 0 aromatic heterocycles. The quantitative estimate of drug-likeness (QED) is 0.717. The first-order valence-corrected chi connectivity index (χ1v) is 9.95. The van der Waals surface area contributed by atoms with E-state index >= 15 is 0 Å². The van der Waals surface area contributed by atoms with Gasteiger partial charge in [0.1, 0.15) is 6.61 Å². The van der Waals surface area contributed by atoms with Gasteiger partial charge < -0.3 is 15.0 Å². The van der Waals surface area contributed by atoms with Gasteiger partial charge in [-0.2, -0.15) is 0 Å². The minimum Gasteiger partial charge on any atom is -0.445 e. The van der Waals surface area contributed by atoms with E-state index in [0.717, 1.165) is 24.0 Å². The van der Waals surface area contributed by atoms with Crippen LogP contribution in [0.25, 0.3) is 0 Å². The predicted molar refractivity (Wildman–Crippen MR) is 109 cm³/mol. The Morgan fingerprint density at radius 2 is 1.89 bits per heavy atom. The summed E-state index contributed by atoms with van der Waals surface area (Å²) >= 11 is 12.3. The van der Waals surface area contributed by atoms with Crippen molar-refractivity contribution in [1.82, 2.24) is 10.2 Å². The van der Waals surface area contributed by atoms with E-state index in [1.54, 1.807) is 11.0 Å². The molecular formula is C21H24Cl2N2O2. The first-order valence-electron chi connectivity index (χ1n) is 9.19. The monoisotopic (exact) mass is 406 g/mol. The minimum atomic E-state index is -0.244. The molecule has 1 aliphatic heterocycles. The van der Waals surface area contributed by atoms with Gasteiger partial charge in [0.25, 0.3) is 0 Å². The molecule has 6 heteroatoms. The highest BCUT2D eigenvalue weighted by Gasteiger charge is 2.25. The number of ether oxygens (including phenoxy) is 1. The van der Waals surface area contributed by atoms with Crippen LogP contribution in [0.4, 0.5) is 4.79 Å². The molecule has 0 saturated carbocycles. The van der Waals surface area contributed by atoms with Crippen LogP contribution in [0.15, 0.2) is 48.5 Å². The highest BCUT2D eigenvalue weighted by Crippen LogP contribution is 2.27. The van der Waals surface area contributed by atoms with E-state index in [1.807, 2.05) is 42.5 Å². The second kappa shape index (κ2) is 9.45.